The highest BCUT2D eigenvalue weighted by Crippen LogP contribution is 2.17. The largest absolute Gasteiger partial charge is 0.355 e. The lowest BCUT2D eigenvalue weighted by molar-refractivity contribution is -0.120. The molecule has 1 amide bonds. The van der Waals surface area contributed by atoms with Crippen LogP contribution in [0.25, 0.3) is 0 Å². The van der Waals surface area contributed by atoms with E-state index in [0.717, 1.165) is 13.0 Å². The first-order chi connectivity index (χ1) is 6.33. The Hall–Kier alpha value is -0.830. The maximum atomic E-state index is 11.1. The molecule has 0 bridgehead atoms. The highest BCUT2D eigenvalue weighted by atomic mass is 16.1. The minimum absolute atomic E-state index is 0.108. The molecule has 1 fully saturated rings. The van der Waals surface area contributed by atoms with Crippen LogP contribution in [0.3, 0.4) is 0 Å². The van der Waals surface area contributed by atoms with Crippen LogP contribution in [0.15, 0.2) is 12.2 Å². The SMILES string of the molecule is C/C=C/CCNC(=O)CNC1CC1. The fraction of sp³-hybridized carbons (Fsp3) is 0.700. The minimum atomic E-state index is 0.108. The summed E-state index contributed by atoms with van der Waals surface area (Å²) in [5.74, 6) is 0.108. The molecule has 0 saturated heterocycles. The molecular weight excluding hydrogens is 164 g/mol. The predicted molar refractivity (Wildman–Crippen MR) is 53.5 cm³/mol. The van der Waals surface area contributed by atoms with Gasteiger partial charge in [0, 0.05) is 12.6 Å². The Bertz CT molecular complexity index is 185. The van der Waals surface area contributed by atoms with E-state index >= 15 is 0 Å². The van der Waals surface area contributed by atoms with Gasteiger partial charge in [0.1, 0.15) is 0 Å². The quantitative estimate of drug-likeness (QED) is 0.471. The Morgan fingerprint density at radius 1 is 1.54 bits per heavy atom. The molecule has 0 aromatic carbocycles. The summed E-state index contributed by atoms with van der Waals surface area (Å²) in [5.41, 5.74) is 0. The molecule has 0 heterocycles. The fourth-order valence-corrected chi connectivity index (χ4v) is 1.05. The summed E-state index contributed by atoms with van der Waals surface area (Å²) >= 11 is 0. The molecule has 3 nitrogen and oxygen atoms in total. The molecular formula is C10H18N2O. The summed E-state index contributed by atoms with van der Waals surface area (Å²) in [4.78, 5) is 11.1. The van der Waals surface area contributed by atoms with Gasteiger partial charge in [-0.2, -0.15) is 0 Å². The van der Waals surface area contributed by atoms with Crippen molar-refractivity contribution in [1.29, 1.82) is 0 Å². The maximum Gasteiger partial charge on any atom is 0.233 e. The molecule has 0 aromatic rings. The second-order valence-electron chi connectivity index (χ2n) is 3.36. The van der Waals surface area contributed by atoms with Crippen LogP contribution in [-0.2, 0) is 4.79 Å². The third kappa shape index (κ3) is 5.42. The van der Waals surface area contributed by atoms with E-state index in [1.807, 2.05) is 13.0 Å². The van der Waals surface area contributed by atoms with Crippen LogP contribution in [0.1, 0.15) is 26.2 Å². The van der Waals surface area contributed by atoms with Gasteiger partial charge < -0.3 is 10.6 Å². The molecule has 13 heavy (non-hydrogen) atoms. The molecule has 0 spiro atoms. The zero-order chi connectivity index (χ0) is 9.52. The van der Waals surface area contributed by atoms with E-state index in [9.17, 15) is 4.79 Å². The van der Waals surface area contributed by atoms with Gasteiger partial charge in [-0.25, -0.2) is 0 Å². The van der Waals surface area contributed by atoms with Gasteiger partial charge in [0.25, 0.3) is 0 Å². The van der Waals surface area contributed by atoms with E-state index in [-0.39, 0.29) is 5.91 Å². The molecule has 1 aliphatic carbocycles. The zero-order valence-corrected chi connectivity index (χ0v) is 8.18. The molecule has 0 unspecified atom stereocenters. The highest BCUT2D eigenvalue weighted by molar-refractivity contribution is 5.78. The van der Waals surface area contributed by atoms with Gasteiger partial charge in [0.05, 0.1) is 6.54 Å². The van der Waals surface area contributed by atoms with E-state index in [1.54, 1.807) is 0 Å². The molecule has 2 N–H and O–H groups in total. The van der Waals surface area contributed by atoms with E-state index in [2.05, 4.69) is 16.7 Å². The molecule has 3 heteroatoms. The van der Waals surface area contributed by atoms with Gasteiger partial charge in [-0.1, -0.05) is 12.2 Å². The van der Waals surface area contributed by atoms with Gasteiger partial charge in [-0.05, 0) is 26.2 Å². The van der Waals surface area contributed by atoms with Crippen LogP contribution in [0.4, 0.5) is 0 Å². The van der Waals surface area contributed by atoms with Crippen LogP contribution in [-0.4, -0.2) is 25.0 Å². The number of hydrogen-bond acceptors (Lipinski definition) is 2. The van der Waals surface area contributed by atoms with Crippen molar-refractivity contribution in [3.05, 3.63) is 12.2 Å². The lowest BCUT2D eigenvalue weighted by Gasteiger charge is -2.03. The van der Waals surface area contributed by atoms with Crippen LogP contribution in [0, 0.1) is 0 Å². The van der Waals surface area contributed by atoms with Gasteiger partial charge in [-0.3, -0.25) is 4.79 Å². The zero-order valence-electron chi connectivity index (χ0n) is 8.18. The maximum absolute atomic E-state index is 11.1. The van der Waals surface area contributed by atoms with Crippen molar-refractivity contribution in [2.75, 3.05) is 13.1 Å². The first-order valence-corrected chi connectivity index (χ1v) is 4.94. The minimum Gasteiger partial charge on any atom is -0.355 e. The van der Waals surface area contributed by atoms with Crippen molar-refractivity contribution in [2.45, 2.75) is 32.2 Å². The normalized spacial score (nSPS) is 16.4. The van der Waals surface area contributed by atoms with E-state index in [4.69, 9.17) is 0 Å². The number of nitrogens with one attached hydrogen (secondary N) is 2. The number of rotatable bonds is 6. The third-order valence-corrected chi connectivity index (χ3v) is 2.00. The van der Waals surface area contributed by atoms with Crippen LogP contribution < -0.4 is 10.6 Å². The average Bonchev–Trinajstić information content (AvgIpc) is 2.92. The summed E-state index contributed by atoms with van der Waals surface area (Å²) in [7, 11) is 0. The second kappa shape index (κ2) is 5.75. The van der Waals surface area contributed by atoms with Crippen LogP contribution in [0.2, 0.25) is 0 Å². The molecule has 1 rings (SSSR count). The number of carbonyl (C=O) groups is 1. The van der Waals surface area contributed by atoms with E-state index in [1.165, 1.54) is 12.8 Å². The van der Waals surface area contributed by atoms with Crippen LogP contribution in [0.5, 0.6) is 0 Å². The highest BCUT2D eigenvalue weighted by Gasteiger charge is 2.20. The second-order valence-corrected chi connectivity index (χ2v) is 3.36. The Labute approximate surface area is 79.6 Å². The summed E-state index contributed by atoms with van der Waals surface area (Å²) in [6.45, 7) is 3.20. The van der Waals surface area contributed by atoms with Gasteiger partial charge >= 0.3 is 0 Å². The Balaban J connectivity index is 1.90. The number of amides is 1. The van der Waals surface area contributed by atoms with Crippen molar-refractivity contribution in [2.24, 2.45) is 0 Å². The smallest absolute Gasteiger partial charge is 0.233 e. The number of carbonyl (C=O) groups excluding carboxylic acids is 1. The van der Waals surface area contributed by atoms with Crippen molar-refractivity contribution in [3.8, 4) is 0 Å². The van der Waals surface area contributed by atoms with E-state index in [0.29, 0.717) is 12.6 Å². The first kappa shape index (κ1) is 10.3. The number of hydrogen-bond donors (Lipinski definition) is 2. The Morgan fingerprint density at radius 2 is 2.31 bits per heavy atom. The Kier molecular flexibility index (Phi) is 4.54. The molecule has 1 saturated carbocycles. The van der Waals surface area contributed by atoms with Gasteiger partial charge in [0.2, 0.25) is 5.91 Å². The summed E-state index contributed by atoms with van der Waals surface area (Å²) in [6, 6.07) is 0.612. The third-order valence-electron chi connectivity index (χ3n) is 2.00. The summed E-state index contributed by atoms with van der Waals surface area (Å²) in [6.07, 6.45) is 7.42. The Morgan fingerprint density at radius 3 is 2.92 bits per heavy atom. The molecule has 0 aromatic heterocycles. The van der Waals surface area contributed by atoms with Crippen molar-refractivity contribution < 1.29 is 4.79 Å². The topological polar surface area (TPSA) is 41.1 Å². The summed E-state index contributed by atoms with van der Waals surface area (Å²) in [5, 5.41) is 6.02. The number of allylic oxidation sites excluding steroid dienone is 1. The average molecular weight is 182 g/mol. The monoisotopic (exact) mass is 182 g/mol. The molecule has 0 aliphatic heterocycles. The molecule has 74 valence electrons. The first-order valence-electron chi connectivity index (χ1n) is 4.94. The summed E-state index contributed by atoms with van der Waals surface area (Å²) < 4.78 is 0. The molecule has 0 radical (unpaired) electrons. The van der Waals surface area contributed by atoms with Crippen molar-refractivity contribution in [3.63, 3.8) is 0 Å². The van der Waals surface area contributed by atoms with Gasteiger partial charge in [-0.15, -0.1) is 0 Å². The predicted octanol–water partition coefficient (Wildman–Crippen LogP) is 0.821. The van der Waals surface area contributed by atoms with Crippen molar-refractivity contribution >= 4 is 5.91 Å². The van der Waals surface area contributed by atoms with Crippen molar-refractivity contribution in [1.82, 2.24) is 10.6 Å². The van der Waals surface area contributed by atoms with E-state index < -0.39 is 0 Å². The standard InChI is InChI=1S/C10H18N2O/c1-2-3-4-7-11-10(13)8-12-9-5-6-9/h2-3,9,12H,4-8H2,1H3,(H,11,13)/b3-2+. The lowest BCUT2D eigenvalue weighted by atomic mass is 10.4. The molecule has 0 atom stereocenters. The fourth-order valence-electron chi connectivity index (χ4n) is 1.05. The van der Waals surface area contributed by atoms with Crippen LogP contribution >= 0.6 is 0 Å². The lowest BCUT2D eigenvalue weighted by Crippen LogP contribution is -2.35. The molecule has 1 aliphatic rings. The van der Waals surface area contributed by atoms with Gasteiger partial charge in [0.15, 0.2) is 0 Å².